The first-order chi connectivity index (χ1) is 14.1. The molecule has 160 valence electrons. The molecule has 0 N–H and O–H groups in total. The first-order valence-corrected chi connectivity index (χ1v) is 11.7. The highest BCUT2D eigenvalue weighted by atomic mass is 16.2. The number of amides is 1. The van der Waals surface area contributed by atoms with Crippen molar-refractivity contribution < 1.29 is 4.79 Å². The molecule has 3 fully saturated rings. The van der Waals surface area contributed by atoms with Crippen LogP contribution in [0.2, 0.25) is 0 Å². The standard InChI is InChI=1S/C23H37N5O/c1-18-15-19(2)25-23(24-18)27-13-8-20(9-14-27)16-22(29)28-12-4-3-7-21(28)17-26-10-5-6-11-26/h15,20-21H,3-14,16-17H2,1-2H3. The van der Waals surface area contributed by atoms with Gasteiger partial charge in [0.05, 0.1) is 0 Å². The molecule has 6 nitrogen and oxygen atoms in total. The highest BCUT2D eigenvalue weighted by molar-refractivity contribution is 5.77. The number of aryl methyl sites for hydroxylation is 2. The molecule has 0 bridgehead atoms. The lowest BCUT2D eigenvalue weighted by molar-refractivity contribution is -0.136. The van der Waals surface area contributed by atoms with Crippen LogP contribution >= 0.6 is 0 Å². The zero-order valence-electron chi connectivity index (χ0n) is 18.3. The SMILES string of the molecule is Cc1cc(C)nc(N2CCC(CC(=O)N3CCCCC3CN3CCCC3)CC2)n1. The van der Waals surface area contributed by atoms with Crippen molar-refractivity contribution in [2.24, 2.45) is 5.92 Å². The van der Waals surface area contributed by atoms with E-state index < -0.39 is 0 Å². The van der Waals surface area contributed by atoms with Gasteiger partial charge in [-0.2, -0.15) is 0 Å². The van der Waals surface area contributed by atoms with Gasteiger partial charge in [0.2, 0.25) is 11.9 Å². The highest BCUT2D eigenvalue weighted by Gasteiger charge is 2.31. The summed E-state index contributed by atoms with van der Waals surface area (Å²) in [6.07, 6.45) is 9.12. The predicted octanol–water partition coefficient (Wildman–Crippen LogP) is 3.18. The maximum atomic E-state index is 13.2. The molecule has 0 aliphatic carbocycles. The van der Waals surface area contributed by atoms with Crippen LogP contribution < -0.4 is 4.90 Å². The van der Waals surface area contributed by atoms with E-state index in [1.54, 1.807) is 0 Å². The van der Waals surface area contributed by atoms with E-state index in [-0.39, 0.29) is 0 Å². The summed E-state index contributed by atoms with van der Waals surface area (Å²) in [6, 6.07) is 2.46. The Bertz CT molecular complexity index is 674. The average molecular weight is 400 g/mol. The molecule has 3 saturated heterocycles. The van der Waals surface area contributed by atoms with E-state index in [0.29, 0.717) is 17.9 Å². The number of piperidine rings is 2. The summed E-state index contributed by atoms with van der Waals surface area (Å²) in [5.74, 6) is 1.75. The Hall–Kier alpha value is -1.69. The third-order valence-corrected chi connectivity index (χ3v) is 6.95. The van der Waals surface area contributed by atoms with Crippen LogP contribution in [0, 0.1) is 19.8 Å². The first kappa shape index (κ1) is 20.6. The molecule has 3 aliphatic heterocycles. The summed E-state index contributed by atoms with van der Waals surface area (Å²) in [5.41, 5.74) is 2.05. The molecule has 6 heteroatoms. The third-order valence-electron chi connectivity index (χ3n) is 6.95. The maximum absolute atomic E-state index is 13.2. The summed E-state index contributed by atoms with van der Waals surface area (Å²) >= 11 is 0. The molecule has 29 heavy (non-hydrogen) atoms. The van der Waals surface area contributed by atoms with Crippen molar-refractivity contribution in [1.82, 2.24) is 19.8 Å². The van der Waals surface area contributed by atoms with Gasteiger partial charge in [-0.15, -0.1) is 0 Å². The Labute approximate surface area is 175 Å². The Morgan fingerprint density at radius 3 is 2.28 bits per heavy atom. The summed E-state index contributed by atoms with van der Waals surface area (Å²) in [7, 11) is 0. The Kier molecular flexibility index (Phi) is 6.68. The summed E-state index contributed by atoms with van der Waals surface area (Å²) in [5, 5.41) is 0. The molecule has 1 aromatic heterocycles. The fourth-order valence-electron chi connectivity index (χ4n) is 5.33. The fourth-order valence-corrected chi connectivity index (χ4v) is 5.33. The van der Waals surface area contributed by atoms with Crippen molar-refractivity contribution in [1.29, 1.82) is 0 Å². The second-order valence-corrected chi connectivity index (χ2v) is 9.33. The van der Waals surface area contributed by atoms with Crippen LogP contribution in [0.25, 0.3) is 0 Å². The van der Waals surface area contributed by atoms with E-state index in [1.165, 1.54) is 45.2 Å². The molecule has 1 aromatic rings. The van der Waals surface area contributed by atoms with E-state index in [2.05, 4.69) is 24.7 Å². The number of carbonyl (C=O) groups excluding carboxylic acids is 1. The van der Waals surface area contributed by atoms with E-state index in [4.69, 9.17) is 0 Å². The van der Waals surface area contributed by atoms with Gasteiger partial charge in [0, 0.05) is 50.0 Å². The lowest BCUT2D eigenvalue weighted by atomic mass is 9.92. The lowest BCUT2D eigenvalue weighted by Gasteiger charge is -2.39. The van der Waals surface area contributed by atoms with Crippen LogP contribution in [0.3, 0.4) is 0 Å². The van der Waals surface area contributed by atoms with Crippen LogP contribution in [-0.4, -0.2) is 71.0 Å². The zero-order chi connectivity index (χ0) is 20.2. The van der Waals surface area contributed by atoms with Crippen LogP contribution in [0.5, 0.6) is 0 Å². The molecule has 1 amide bonds. The normalized spacial score (nSPS) is 24.3. The minimum Gasteiger partial charge on any atom is -0.341 e. The number of rotatable bonds is 5. The van der Waals surface area contributed by atoms with Gasteiger partial charge >= 0.3 is 0 Å². The quantitative estimate of drug-likeness (QED) is 0.761. The van der Waals surface area contributed by atoms with Crippen molar-refractivity contribution in [3.63, 3.8) is 0 Å². The van der Waals surface area contributed by atoms with E-state index >= 15 is 0 Å². The number of anilines is 1. The molecule has 0 aromatic carbocycles. The Morgan fingerprint density at radius 1 is 0.931 bits per heavy atom. The number of hydrogen-bond donors (Lipinski definition) is 0. The molecule has 4 heterocycles. The van der Waals surface area contributed by atoms with Gasteiger partial charge in [0.15, 0.2) is 0 Å². The van der Waals surface area contributed by atoms with Crippen molar-refractivity contribution in [2.45, 2.75) is 71.3 Å². The minimum atomic E-state index is 0.398. The van der Waals surface area contributed by atoms with Gasteiger partial charge in [-0.25, -0.2) is 9.97 Å². The maximum Gasteiger partial charge on any atom is 0.225 e. The largest absolute Gasteiger partial charge is 0.341 e. The average Bonchev–Trinajstić information content (AvgIpc) is 3.21. The molecule has 0 spiro atoms. The van der Waals surface area contributed by atoms with E-state index in [9.17, 15) is 4.79 Å². The van der Waals surface area contributed by atoms with Gasteiger partial charge in [-0.05, 0) is 83.9 Å². The number of likely N-dealkylation sites (tertiary alicyclic amines) is 2. The number of aromatic nitrogens is 2. The molecular formula is C23H37N5O. The van der Waals surface area contributed by atoms with Crippen LogP contribution in [0.1, 0.15) is 62.8 Å². The molecule has 1 unspecified atom stereocenters. The summed E-state index contributed by atoms with van der Waals surface area (Å²) in [6.45, 7) is 10.5. The highest BCUT2D eigenvalue weighted by Crippen LogP contribution is 2.27. The van der Waals surface area contributed by atoms with Crippen LogP contribution in [0.4, 0.5) is 5.95 Å². The van der Waals surface area contributed by atoms with E-state index in [1.807, 2.05) is 19.9 Å². The minimum absolute atomic E-state index is 0.398. The van der Waals surface area contributed by atoms with Crippen molar-refractivity contribution >= 4 is 11.9 Å². The molecule has 4 rings (SSSR count). The molecular weight excluding hydrogens is 362 g/mol. The van der Waals surface area contributed by atoms with Crippen molar-refractivity contribution in [3.05, 3.63) is 17.5 Å². The first-order valence-electron chi connectivity index (χ1n) is 11.7. The fraction of sp³-hybridized carbons (Fsp3) is 0.783. The zero-order valence-corrected chi connectivity index (χ0v) is 18.3. The van der Waals surface area contributed by atoms with Gasteiger partial charge < -0.3 is 14.7 Å². The third kappa shape index (κ3) is 5.27. The number of nitrogens with zero attached hydrogens (tertiary/aromatic N) is 5. The van der Waals surface area contributed by atoms with Crippen molar-refractivity contribution in [3.8, 4) is 0 Å². The monoisotopic (exact) mass is 399 g/mol. The second-order valence-electron chi connectivity index (χ2n) is 9.33. The van der Waals surface area contributed by atoms with Crippen LogP contribution in [0.15, 0.2) is 6.07 Å². The van der Waals surface area contributed by atoms with Gasteiger partial charge in [-0.1, -0.05) is 0 Å². The Morgan fingerprint density at radius 2 is 1.59 bits per heavy atom. The molecule has 1 atom stereocenters. The molecule has 3 aliphatic rings. The second kappa shape index (κ2) is 9.41. The topological polar surface area (TPSA) is 52.6 Å². The van der Waals surface area contributed by atoms with Crippen LogP contribution in [-0.2, 0) is 4.79 Å². The van der Waals surface area contributed by atoms with E-state index in [0.717, 1.165) is 62.8 Å². The smallest absolute Gasteiger partial charge is 0.225 e. The van der Waals surface area contributed by atoms with Gasteiger partial charge in [-0.3, -0.25) is 4.79 Å². The number of hydrogen-bond acceptors (Lipinski definition) is 5. The van der Waals surface area contributed by atoms with Crippen molar-refractivity contribution in [2.75, 3.05) is 44.2 Å². The predicted molar refractivity (Wildman–Crippen MR) is 116 cm³/mol. The molecule has 0 saturated carbocycles. The van der Waals surface area contributed by atoms with Gasteiger partial charge in [0.25, 0.3) is 0 Å². The van der Waals surface area contributed by atoms with Gasteiger partial charge in [0.1, 0.15) is 0 Å². The summed E-state index contributed by atoms with van der Waals surface area (Å²) in [4.78, 5) is 29.5. The number of carbonyl (C=O) groups is 1. The molecule has 0 radical (unpaired) electrons. The lowest BCUT2D eigenvalue weighted by Crippen LogP contribution is -2.49. The summed E-state index contributed by atoms with van der Waals surface area (Å²) < 4.78 is 0. The Balaban J connectivity index is 1.29.